The van der Waals surface area contributed by atoms with Crippen LogP contribution in [0.3, 0.4) is 0 Å². The predicted molar refractivity (Wildman–Crippen MR) is 102 cm³/mol. The molecule has 1 atom stereocenters. The summed E-state index contributed by atoms with van der Waals surface area (Å²) < 4.78 is 0. The molecule has 0 bridgehead atoms. The molecule has 0 aromatic rings. The first-order valence-corrected chi connectivity index (χ1v) is 9.82. The van der Waals surface area contributed by atoms with Gasteiger partial charge in [-0.05, 0) is 32.4 Å². The van der Waals surface area contributed by atoms with E-state index in [0.717, 1.165) is 18.9 Å². The number of nitrogens with zero attached hydrogens (tertiary/aromatic N) is 3. The molecule has 1 fully saturated rings. The molecule has 4 heteroatoms. The van der Waals surface area contributed by atoms with Crippen LogP contribution in [-0.4, -0.2) is 42.2 Å². The van der Waals surface area contributed by atoms with Crippen molar-refractivity contribution >= 4 is 24.2 Å². The average Bonchev–Trinajstić information content (AvgIpc) is 2.78. The van der Waals surface area contributed by atoms with Crippen LogP contribution in [0.2, 0.25) is 0 Å². The highest BCUT2D eigenvalue weighted by Crippen LogP contribution is 2.37. The van der Waals surface area contributed by atoms with E-state index in [9.17, 15) is 0 Å². The number of hydrogen-bond donors (Lipinski definition) is 0. The summed E-state index contributed by atoms with van der Waals surface area (Å²) in [5.41, 5.74) is 1.21. The Morgan fingerprint density at radius 3 is 2.64 bits per heavy atom. The van der Waals surface area contributed by atoms with Crippen molar-refractivity contribution < 1.29 is 0 Å². The fourth-order valence-electron chi connectivity index (χ4n) is 3.04. The topological polar surface area (TPSA) is 28.0 Å². The first kappa shape index (κ1) is 19.3. The van der Waals surface area contributed by atoms with Gasteiger partial charge in [-0.1, -0.05) is 40.5 Å². The van der Waals surface area contributed by atoms with Crippen LogP contribution in [0.25, 0.3) is 0 Å². The van der Waals surface area contributed by atoms with Crippen LogP contribution in [0, 0.1) is 5.92 Å². The molecule has 2 aliphatic heterocycles. The van der Waals surface area contributed by atoms with Crippen molar-refractivity contribution in [1.82, 2.24) is 4.90 Å². The Balaban J connectivity index is 0.00000116. The zero-order chi connectivity index (χ0) is 16.5. The van der Waals surface area contributed by atoms with Crippen molar-refractivity contribution in [3.05, 3.63) is 10.7 Å². The van der Waals surface area contributed by atoms with E-state index in [1.165, 1.54) is 42.1 Å². The van der Waals surface area contributed by atoms with Gasteiger partial charge in [-0.3, -0.25) is 4.99 Å². The zero-order valence-electron chi connectivity index (χ0n) is 15.1. The van der Waals surface area contributed by atoms with Gasteiger partial charge in [-0.15, -0.1) is 11.8 Å². The molecule has 0 spiro atoms. The lowest BCUT2D eigenvalue weighted by molar-refractivity contribution is 0.272. The van der Waals surface area contributed by atoms with Gasteiger partial charge in [0, 0.05) is 24.9 Å². The van der Waals surface area contributed by atoms with E-state index < -0.39 is 0 Å². The smallest absolute Gasteiger partial charge is 0.143 e. The largest absolute Gasteiger partial charge is 0.352 e. The Bertz CT molecular complexity index is 413. The first-order valence-electron chi connectivity index (χ1n) is 8.84. The van der Waals surface area contributed by atoms with Crippen LogP contribution in [0.15, 0.2) is 20.7 Å². The molecule has 0 saturated carbocycles. The molecular formula is C18H33N3S. The molecule has 0 aliphatic carbocycles. The summed E-state index contributed by atoms with van der Waals surface area (Å²) in [5.74, 6) is 2.70. The van der Waals surface area contributed by atoms with Crippen LogP contribution in [0.5, 0.6) is 0 Å². The van der Waals surface area contributed by atoms with Gasteiger partial charge in [0.05, 0.1) is 10.6 Å². The summed E-state index contributed by atoms with van der Waals surface area (Å²) >= 11 is 1.94. The maximum atomic E-state index is 4.73. The van der Waals surface area contributed by atoms with Gasteiger partial charge in [0.2, 0.25) is 0 Å². The summed E-state index contributed by atoms with van der Waals surface area (Å²) in [6, 6.07) is 0.641. The number of rotatable bonds is 4. The second-order valence-corrected chi connectivity index (χ2v) is 6.86. The van der Waals surface area contributed by atoms with E-state index in [2.05, 4.69) is 37.4 Å². The molecule has 2 aliphatic rings. The molecule has 1 saturated heterocycles. The minimum atomic E-state index is 0.442. The number of thioether (sulfide) groups is 1. The second-order valence-electron chi connectivity index (χ2n) is 5.83. The molecule has 0 amide bonds. The fraction of sp³-hybridized carbons (Fsp3) is 0.778. The SMILES string of the molecule is C=NC1=C(C(=NCC)C(C)C)SCC2CCCCCN12.CC. The average molecular weight is 324 g/mol. The highest BCUT2D eigenvalue weighted by atomic mass is 32.2. The van der Waals surface area contributed by atoms with Gasteiger partial charge in [-0.25, -0.2) is 4.99 Å². The molecule has 0 N–H and O–H groups in total. The number of fused-ring (bicyclic) bond motifs is 1. The standard InChI is InChI=1S/C16H27N3S.C2H6/c1-5-18-14(12(2)3)15-16(17-4)19-10-8-6-7-9-13(19)11-20-15;1-2/h12-13H,4-11H2,1-3H3;1-2H3. The Morgan fingerprint density at radius 2 is 2.05 bits per heavy atom. The quantitative estimate of drug-likeness (QED) is 0.682. The fourth-order valence-corrected chi connectivity index (χ4v) is 4.51. The summed E-state index contributed by atoms with van der Waals surface area (Å²) in [4.78, 5) is 12.9. The number of hydrogen-bond acceptors (Lipinski definition) is 4. The maximum absolute atomic E-state index is 4.73. The molecule has 1 unspecified atom stereocenters. The lowest BCUT2D eigenvalue weighted by atomic mass is 10.1. The molecule has 0 radical (unpaired) electrons. The monoisotopic (exact) mass is 323 g/mol. The Labute approximate surface area is 141 Å². The van der Waals surface area contributed by atoms with E-state index in [-0.39, 0.29) is 0 Å². The number of aliphatic imine (C=N–C) groups is 2. The van der Waals surface area contributed by atoms with Crippen molar-refractivity contribution in [2.45, 2.75) is 66.3 Å². The van der Waals surface area contributed by atoms with Gasteiger partial charge >= 0.3 is 0 Å². The molecular weight excluding hydrogens is 290 g/mol. The van der Waals surface area contributed by atoms with Crippen molar-refractivity contribution in [2.75, 3.05) is 18.8 Å². The van der Waals surface area contributed by atoms with Gasteiger partial charge in [0.15, 0.2) is 0 Å². The van der Waals surface area contributed by atoms with E-state index in [1.54, 1.807) is 0 Å². The summed E-state index contributed by atoms with van der Waals surface area (Å²) in [6.07, 6.45) is 5.26. The van der Waals surface area contributed by atoms with Gasteiger partial charge in [-0.2, -0.15) is 0 Å². The Hall–Kier alpha value is -0.770. The summed E-state index contributed by atoms with van der Waals surface area (Å²) in [6.45, 7) is 16.3. The van der Waals surface area contributed by atoms with Gasteiger partial charge < -0.3 is 4.90 Å². The predicted octanol–water partition coefficient (Wildman–Crippen LogP) is 4.99. The van der Waals surface area contributed by atoms with Crippen LogP contribution in [-0.2, 0) is 0 Å². The zero-order valence-corrected chi connectivity index (χ0v) is 15.9. The van der Waals surface area contributed by atoms with Crippen molar-refractivity contribution in [3.63, 3.8) is 0 Å². The lowest BCUT2D eigenvalue weighted by Crippen LogP contribution is -2.40. The minimum absolute atomic E-state index is 0.442. The van der Waals surface area contributed by atoms with E-state index in [0.29, 0.717) is 12.0 Å². The van der Waals surface area contributed by atoms with Crippen molar-refractivity contribution in [3.8, 4) is 0 Å². The third-order valence-electron chi connectivity index (χ3n) is 4.03. The highest BCUT2D eigenvalue weighted by Gasteiger charge is 2.31. The Kier molecular flexibility index (Phi) is 8.84. The van der Waals surface area contributed by atoms with E-state index in [1.807, 2.05) is 25.6 Å². The minimum Gasteiger partial charge on any atom is -0.352 e. The van der Waals surface area contributed by atoms with Gasteiger partial charge in [0.25, 0.3) is 0 Å². The highest BCUT2D eigenvalue weighted by molar-refractivity contribution is 8.04. The lowest BCUT2D eigenvalue weighted by Gasteiger charge is -2.37. The van der Waals surface area contributed by atoms with Gasteiger partial charge in [0.1, 0.15) is 5.82 Å². The molecule has 126 valence electrons. The molecule has 3 nitrogen and oxygen atoms in total. The van der Waals surface area contributed by atoms with E-state index >= 15 is 0 Å². The first-order chi connectivity index (χ1) is 10.7. The molecule has 0 aromatic carbocycles. The molecule has 2 heterocycles. The van der Waals surface area contributed by atoms with Crippen LogP contribution >= 0.6 is 11.8 Å². The Morgan fingerprint density at radius 1 is 1.32 bits per heavy atom. The third kappa shape index (κ3) is 4.61. The van der Waals surface area contributed by atoms with E-state index in [4.69, 9.17) is 4.99 Å². The van der Waals surface area contributed by atoms with Crippen LogP contribution < -0.4 is 0 Å². The summed E-state index contributed by atoms with van der Waals surface area (Å²) in [5, 5.41) is 0. The normalized spacial score (nSPS) is 22.7. The molecule has 2 rings (SSSR count). The van der Waals surface area contributed by atoms with Crippen LogP contribution in [0.1, 0.15) is 60.3 Å². The maximum Gasteiger partial charge on any atom is 0.143 e. The van der Waals surface area contributed by atoms with Crippen LogP contribution in [0.4, 0.5) is 0 Å². The molecule has 22 heavy (non-hydrogen) atoms. The second kappa shape index (κ2) is 10.1. The van der Waals surface area contributed by atoms with Crippen molar-refractivity contribution in [1.29, 1.82) is 0 Å². The number of allylic oxidation sites excluding steroid dienone is 1. The molecule has 0 aromatic heterocycles. The van der Waals surface area contributed by atoms with Crippen molar-refractivity contribution in [2.24, 2.45) is 15.9 Å². The summed E-state index contributed by atoms with van der Waals surface area (Å²) in [7, 11) is 0. The third-order valence-corrected chi connectivity index (χ3v) is 5.26.